The number of amides is 1. The highest BCUT2D eigenvalue weighted by molar-refractivity contribution is 9.10. The average molecular weight is 335 g/mol. The Hall–Kier alpha value is -0.580. The molecule has 0 atom stereocenters. The minimum atomic E-state index is -0.883. The monoisotopic (exact) mass is 333 g/mol. The molecule has 0 aliphatic carbocycles. The predicted octanol–water partition coefficient (Wildman–Crippen LogP) is 2.92. The topological polar surface area (TPSA) is 49.3 Å². The molecule has 1 aromatic rings. The van der Waals surface area contributed by atoms with Gasteiger partial charge in [0.1, 0.15) is 0 Å². The molecule has 0 spiro atoms. The van der Waals surface area contributed by atoms with Crippen molar-refractivity contribution in [1.29, 1.82) is 0 Å². The second-order valence-electron chi connectivity index (χ2n) is 4.82. The van der Waals surface area contributed by atoms with Gasteiger partial charge in [-0.2, -0.15) is 0 Å². The Morgan fingerprint density at radius 1 is 1.50 bits per heavy atom. The molecular weight excluding hydrogens is 318 g/mol. The van der Waals surface area contributed by atoms with Gasteiger partial charge in [0.2, 0.25) is 5.91 Å². The summed E-state index contributed by atoms with van der Waals surface area (Å²) < 4.78 is 0.946. The second kappa shape index (κ2) is 6.55. The number of hydrogen-bond acceptors (Lipinski definition) is 2. The van der Waals surface area contributed by atoms with Crippen LogP contribution in [0.25, 0.3) is 0 Å². The van der Waals surface area contributed by atoms with Crippen molar-refractivity contribution in [2.24, 2.45) is 0 Å². The van der Waals surface area contributed by atoms with E-state index in [-0.39, 0.29) is 12.5 Å². The number of benzene rings is 1. The van der Waals surface area contributed by atoms with Crippen LogP contribution in [0.4, 0.5) is 0 Å². The van der Waals surface area contributed by atoms with Crippen LogP contribution in [0.2, 0.25) is 5.02 Å². The van der Waals surface area contributed by atoms with Crippen molar-refractivity contribution in [3.05, 3.63) is 33.3 Å². The van der Waals surface area contributed by atoms with E-state index in [1.807, 2.05) is 12.1 Å². The molecule has 0 unspecified atom stereocenters. The summed E-state index contributed by atoms with van der Waals surface area (Å²) in [7, 11) is 0. The van der Waals surface area contributed by atoms with Crippen molar-refractivity contribution in [2.75, 3.05) is 6.54 Å². The summed E-state index contributed by atoms with van der Waals surface area (Å²) in [6.45, 7) is 3.56. The minimum Gasteiger partial charge on any atom is -0.389 e. The van der Waals surface area contributed by atoms with Gasteiger partial charge in [-0.1, -0.05) is 27.5 Å². The van der Waals surface area contributed by atoms with Crippen molar-refractivity contribution >= 4 is 33.4 Å². The van der Waals surface area contributed by atoms with Crippen LogP contribution in [0.3, 0.4) is 0 Å². The zero-order valence-corrected chi connectivity index (χ0v) is 12.8. The zero-order valence-electron chi connectivity index (χ0n) is 10.5. The molecule has 0 aliphatic heterocycles. The molecule has 0 saturated heterocycles. The van der Waals surface area contributed by atoms with Crippen LogP contribution in [0.1, 0.15) is 25.8 Å². The van der Waals surface area contributed by atoms with Crippen molar-refractivity contribution in [1.82, 2.24) is 5.32 Å². The lowest BCUT2D eigenvalue weighted by Crippen LogP contribution is -2.38. The predicted molar refractivity (Wildman–Crippen MR) is 76.8 cm³/mol. The van der Waals surface area contributed by atoms with Crippen molar-refractivity contribution in [3.63, 3.8) is 0 Å². The number of carbonyl (C=O) groups is 1. The number of carbonyl (C=O) groups excluding carboxylic acids is 1. The van der Waals surface area contributed by atoms with E-state index in [1.54, 1.807) is 19.9 Å². The van der Waals surface area contributed by atoms with Gasteiger partial charge in [-0.05, 0) is 44.0 Å². The highest BCUT2D eigenvalue weighted by Gasteiger charge is 2.14. The quantitative estimate of drug-likeness (QED) is 0.870. The standard InChI is InChI=1S/C13H17BrClNO2/c1-13(2,18)8-16-12(17)6-3-9-7-10(15)4-5-11(9)14/h4-5,7,18H,3,6,8H2,1-2H3,(H,16,17). The third kappa shape index (κ3) is 5.85. The summed E-state index contributed by atoms with van der Waals surface area (Å²) in [6, 6.07) is 5.50. The van der Waals surface area contributed by atoms with Gasteiger partial charge in [-0.15, -0.1) is 0 Å². The SMILES string of the molecule is CC(C)(O)CNC(=O)CCc1cc(Cl)ccc1Br. The van der Waals surface area contributed by atoms with Crippen LogP contribution >= 0.6 is 27.5 Å². The molecule has 0 fully saturated rings. The fourth-order valence-electron chi connectivity index (χ4n) is 1.39. The molecule has 5 heteroatoms. The van der Waals surface area contributed by atoms with E-state index < -0.39 is 5.60 Å². The third-order valence-corrected chi connectivity index (χ3v) is 3.36. The average Bonchev–Trinajstić information content (AvgIpc) is 2.26. The maximum atomic E-state index is 11.6. The number of nitrogens with one attached hydrogen (secondary N) is 1. The minimum absolute atomic E-state index is 0.0796. The molecule has 0 bridgehead atoms. The fraction of sp³-hybridized carbons (Fsp3) is 0.462. The number of hydrogen-bond donors (Lipinski definition) is 2. The van der Waals surface area contributed by atoms with E-state index in [1.165, 1.54) is 0 Å². The molecule has 18 heavy (non-hydrogen) atoms. The molecule has 100 valence electrons. The van der Waals surface area contributed by atoms with E-state index in [2.05, 4.69) is 21.2 Å². The van der Waals surface area contributed by atoms with Gasteiger partial charge in [0, 0.05) is 22.5 Å². The highest BCUT2D eigenvalue weighted by atomic mass is 79.9. The number of rotatable bonds is 5. The van der Waals surface area contributed by atoms with E-state index in [9.17, 15) is 9.90 Å². The molecule has 0 aromatic heterocycles. The van der Waals surface area contributed by atoms with Crippen LogP contribution in [0.5, 0.6) is 0 Å². The van der Waals surface area contributed by atoms with Crippen LogP contribution < -0.4 is 5.32 Å². The number of aliphatic hydroxyl groups is 1. The Balaban J connectivity index is 2.45. The summed E-state index contributed by atoms with van der Waals surface area (Å²) >= 11 is 9.32. The number of aryl methyl sites for hydroxylation is 1. The van der Waals surface area contributed by atoms with Crippen molar-refractivity contribution in [3.8, 4) is 0 Å². The molecule has 0 saturated carbocycles. The Morgan fingerprint density at radius 2 is 2.17 bits per heavy atom. The molecule has 1 rings (SSSR count). The summed E-state index contributed by atoms with van der Waals surface area (Å²) in [4.78, 5) is 11.6. The van der Waals surface area contributed by atoms with Crippen molar-refractivity contribution in [2.45, 2.75) is 32.3 Å². The Morgan fingerprint density at radius 3 is 2.78 bits per heavy atom. The third-order valence-electron chi connectivity index (χ3n) is 2.35. The zero-order chi connectivity index (χ0) is 13.8. The van der Waals surface area contributed by atoms with Gasteiger partial charge in [0.15, 0.2) is 0 Å². The second-order valence-corrected chi connectivity index (χ2v) is 6.12. The molecule has 3 nitrogen and oxygen atoms in total. The van der Waals surface area contributed by atoms with Crippen LogP contribution in [-0.2, 0) is 11.2 Å². The lowest BCUT2D eigenvalue weighted by atomic mass is 10.1. The Kier molecular flexibility index (Phi) is 5.63. The number of halogens is 2. The molecule has 0 aliphatic rings. The van der Waals surface area contributed by atoms with Crippen molar-refractivity contribution < 1.29 is 9.90 Å². The van der Waals surface area contributed by atoms with Crippen LogP contribution in [-0.4, -0.2) is 23.2 Å². The Bertz CT molecular complexity index is 429. The van der Waals surface area contributed by atoms with Gasteiger partial charge in [0.25, 0.3) is 0 Å². The molecule has 0 radical (unpaired) electrons. The van der Waals surface area contributed by atoms with E-state index in [4.69, 9.17) is 11.6 Å². The van der Waals surface area contributed by atoms with E-state index in [0.717, 1.165) is 10.0 Å². The summed E-state index contributed by atoms with van der Waals surface area (Å²) in [6.07, 6.45) is 0.980. The van der Waals surface area contributed by atoms with Gasteiger partial charge >= 0.3 is 0 Å². The van der Waals surface area contributed by atoms with E-state index in [0.29, 0.717) is 17.9 Å². The highest BCUT2D eigenvalue weighted by Crippen LogP contribution is 2.22. The first kappa shape index (κ1) is 15.5. The molecular formula is C13H17BrClNO2. The lowest BCUT2D eigenvalue weighted by molar-refractivity contribution is -0.122. The first-order valence-electron chi connectivity index (χ1n) is 5.71. The summed E-state index contributed by atoms with van der Waals surface area (Å²) in [5.74, 6) is -0.0796. The maximum absolute atomic E-state index is 11.6. The normalized spacial score (nSPS) is 11.4. The Labute approximate surface area is 121 Å². The molecule has 1 amide bonds. The van der Waals surface area contributed by atoms with Gasteiger partial charge in [-0.25, -0.2) is 0 Å². The smallest absolute Gasteiger partial charge is 0.220 e. The van der Waals surface area contributed by atoms with Gasteiger partial charge in [0.05, 0.1) is 5.60 Å². The first-order chi connectivity index (χ1) is 8.28. The molecule has 0 heterocycles. The molecule has 1 aromatic carbocycles. The summed E-state index contributed by atoms with van der Waals surface area (Å²) in [5, 5.41) is 12.8. The maximum Gasteiger partial charge on any atom is 0.220 e. The van der Waals surface area contributed by atoms with Gasteiger partial charge < -0.3 is 10.4 Å². The van der Waals surface area contributed by atoms with Crippen LogP contribution in [0, 0.1) is 0 Å². The van der Waals surface area contributed by atoms with Gasteiger partial charge in [-0.3, -0.25) is 4.79 Å². The van der Waals surface area contributed by atoms with E-state index >= 15 is 0 Å². The summed E-state index contributed by atoms with van der Waals surface area (Å²) in [5.41, 5.74) is 0.118. The van der Waals surface area contributed by atoms with Crippen LogP contribution in [0.15, 0.2) is 22.7 Å². The first-order valence-corrected chi connectivity index (χ1v) is 6.88. The molecule has 2 N–H and O–H groups in total. The fourth-order valence-corrected chi connectivity index (χ4v) is 2.03. The lowest BCUT2D eigenvalue weighted by Gasteiger charge is -2.17. The largest absolute Gasteiger partial charge is 0.389 e.